The van der Waals surface area contributed by atoms with E-state index in [0.29, 0.717) is 30.7 Å². The highest BCUT2D eigenvalue weighted by Crippen LogP contribution is 2.21. The van der Waals surface area contributed by atoms with Crippen molar-refractivity contribution in [3.63, 3.8) is 0 Å². The molecule has 0 rings (SSSR count). The van der Waals surface area contributed by atoms with Gasteiger partial charge in [-0.05, 0) is 30.6 Å². The van der Waals surface area contributed by atoms with Crippen molar-refractivity contribution in [1.29, 1.82) is 0 Å². The summed E-state index contributed by atoms with van der Waals surface area (Å²) in [6, 6.07) is 0. The highest BCUT2D eigenvalue weighted by molar-refractivity contribution is 5.79. The van der Waals surface area contributed by atoms with Crippen molar-refractivity contribution in [2.24, 2.45) is 23.7 Å². The van der Waals surface area contributed by atoms with Crippen LogP contribution in [0.25, 0.3) is 0 Å². The number of hydrogen-bond donors (Lipinski definition) is 2. The van der Waals surface area contributed by atoms with Crippen LogP contribution in [0.5, 0.6) is 0 Å². The summed E-state index contributed by atoms with van der Waals surface area (Å²) < 4.78 is 0. The number of rotatable bonds is 12. The van der Waals surface area contributed by atoms with Crippen LogP contribution in [0.15, 0.2) is 0 Å². The third-order valence-electron chi connectivity index (χ3n) is 3.82. The zero-order valence-corrected chi connectivity index (χ0v) is 16.4. The fourth-order valence-corrected chi connectivity index (χ4v) is 2.87. The molecule has 0 aromatic heterocycles. The van der Waals surface area contributed by atoms with Crippen LogP contribution in [0, 0.1) is 23.7 Å². The molecule has 0 fully saturated rings. The number of carbonyl (C=O) groups is 1. The van der Waals surface area contributed by atoms with Crippen molar-refractivity contribution >= 4 is 5.91 Å². The summed E-state index contributed by atoms with van der Waals surface area (Å²) in [5.74, 6) is 0.950. The maximum Gasteiger partial charge on any atom is 0.227 e. The lowest BCUT2D eigenvalue weighted by Gasteiger charge is -2.35. The Kier molecular flexibility index (Phi) is 11.5. The SMILES string of the molecule is CCCCNC(=O)C(CC(C)C)C(O)N(CC(C)C)CC(C)C. The minimum Gasteiger partial charge on any atom is -0.378 e. The molecule has 0 aliphatic rings. The highest BCUT2D eigenvalue weighted by atomic mass is 16.3. The van der Waals surface area contributed by atoms with E-state index in [0.717, 1.165) is 25.9 Å². The Morgan fingerprint density at radius 2 is 1.52 bits per heavy atom. The molecule has 0 radical (unpaired) electrons. The second kappa shape index (κ2) is 11.9. The van der Waals surface area contributed by atoms with Gasteiger partial charge in [-0.2, -0.15) is 0 Å². The van der Waals surface area contributed by atoms with Crippen LogP contribution >= 0.6 is 0 Å². The summed E-state index contributed by atoms with van der Waals surface area (Å²) in [7, 11) is 0. The first-order chi connectivity index (χ1) is 10.7. The molecule has 0 saturated heterocycles. The third kappa shape index (κ3) is 9.98. The number of carbonyl (C=O) groups excluding carboxylic acids is 1. The van der Waals surface area contributed by atoms with Crippen LogP contribution in [-0.2, 0) is 4.79 Å². The van der Waals surface area contributed by atoms with Crippen molar-refractivity contribution in [3.8, 4) is 0 Å². The molecule has 0 aromatic carbocycles. The second-order valence-corrected chi connectivity index (χ2v) is 8.04. The lowest BCUT2D eigenvalue weighted by atomic mass is 9.93. The van der Waals surface area contributed by atoms with Gasteiger partial charge in [0.1, 0.15) is 6.23 Å². The Bertz CT molecular complexity index is 306. The molecule has 0 spiro atoms. The predicted molar refractivity (Wildman–Crippen MR) is 98.1 cm³/mol. The van der Waals surface area contributed by atoms with Crippen molar-refractivity contribution in [2.45, 2.75) is 74.0 Å². The first kappa shape index (κ1) is 22.4. The van der Waals surface area contributed by atoms with E-state index in [2.05, 4.69) is 58.7 Å². The van der Waals surface area contributed by atoms with Crippen LogP contribution in [0.2, 0.25) is 0 Å². The van der Waals surface area contributed by atoms with Gasteiger partial charge in [-0.25, -0.2) is 0 Å². The van der Waals surface area contributed by atoms with Gasteiger partial charge in [-0.1, -0.05) is 54.9 Å². The fraction of sp³-hybridized carbons (Fsp3) is 0.947. The monoisotopic (exact) mass is 328 g/mol. The summed E-state index contributed by atoms with van der Waals surface area (Å²) in [6.07, 6.45) is 2.05. The molecule has 0 aliphatic heterocycles. The quantitative estimate of drug-likeness (QED) is 0.426. The summed E-state index contributed by atoms with van der Waals surface area (Å²) in [5, 5.41) is 13.9. The van der Waals surface area contributed by atoms with Gasteiger partial charge in [0.25, 0.3) is 0 Å². The van der Waals surface area contributed by atoms with Gasteiger partial charge in [0.15, 0.2) is 0 Å². The Morgan fingerprint density at radius 1 is 1.00 bits per heavy atom. The van der Waals surface area contributed by atoms with Crippen LogP contribution in [0.4, 0.5) is 0 Å². The third-order valence-corrected chi connectivity index (χ3v) is 3.82. The summed E-state index contributed by atoms with van der Waals surface area (Å²) in [6.45, 7) is 17.3. The van der Waals surface area contributed by atoms with E-state index in [-0.39, 0.29) is 11.8 Å². The lowest BCUT2D eigenvalue weighted by Crippen LogP contribution is -2.49. The van der Waals surface area contributed by atoms with Gasteiger partial charge in [-0.3, -0.25) is 9.69 Å². The number of hydrogen-bond acceptors (Lipinski definition) is 3. The standard InChI is InChI=1S/C19H40N2O2/c1-8-9-10-20-18(22)17(11-14(2)3)19(23)21(12-15(4)5)13-16(6)7/h14-17,19,23H,8-13H2,1-7H3,(H,20,22). The first-order valence-electron chi connectivity index (χ1n) is 9.38. The molecule has 0 aromatic rings. The van der Waals surface area contributed by atoms with Gasteiger partial charge >= 0.3 is 0 Å². The average molecular weight is 329 g/mol. The van der Waals surface area contributed by atoms with Gasteiger partial charge in [0, 0.05) is 19.6 Å². The number of unbranched alkanes of at least 4 members (excludes halogenated alkanes) is 1. The Hall–Kier alpha value is -0.610. The van der Waals surface area contributed by atoms with E-state index in [1.165, 1.54) is 0 Å². The maximum absolute atomic E-state index is 12.6. The average Bonchev–Trinajstić information content (AvgIpc) is 2.42. The van der Waals surface area contributed by atoms with Crippen molar-refractivity contribution < 1.29 is 9.90 Å². The topological polar surface area (TPSA) is 52.6 Å². The first-order valence-corrected chi connectivity index (χ1v) is 9.38. The van der Waals surface area contributed by atoms with Crippen molar-refractivity contribution in [1.82, 2.24) is 10.2 Å². The van der Waals surface area contributed by atoms with Crippen molar-refractivity contribution in [2.75, 3.05) is 19.6 Å². The number of amides is 1. The summed E-state index contributed by atoms with van der Waals surface area (Å²) >= 11 is 0. The Labute approximate surface area is 144 Å². The highest BCUT2D eigenvalue weighted by Gasteiger charge is 2.32. The molecule has 138 valence electrons. The van der Waals surface area contributed by atoms with Crippen molar-refractivity contribution in [3.05, 3.63) is 0 Å². The Morgan fingerprint density at radius 3 is 1.91 bits per heavy atom. The summed E-state index contributed by atoms with van der Waals surface area (Å²) in [5.41, 5.74) is 0. The molecule has 4 heteroatoms. The molecule has 1 amide bonds. The van der Waals surface area contributed by atoms with E-state index in [1.54, 1.807) is 0 Å². The molecule has 0 heterocycles. The number of aliphatic hydroxyl groups excluding tert-OH is 1. The normalized spacial score (nSPS) is 14.8. The van der Waals surface area contributed by atoms with Crippen LogP contribution < -0.4 is 5.32 Å². The fourth-order valence-electron chi connectivity index (χ4n) is 2.87. The Balaban J connectivity index is 5.03. The minimum absolute atomic E-state index is 0.00263. The molecule has 0 saturated carbocycles. The smallest absolute Gasteiger partial charge is 0.227 e. The molecular formula is C19H40N2O2. The predicted octanol–water partition coefficient (Wildman–Crippen LogP) is 3.50. The molecule has 0 bridgehead atoms. The number of nitrogens with zero attached hydrogens (tertiary/aromatic N) is 1. The zero-order chi connectivity index (χ0) is 18.0. The molecule has 0 aliphatic carbocycles. The molecule has 2 N–H and O–H groups in total. The van der Waals surface area contributed by atoms with Gasteiger partial charge in [0.2, 0.25) is 5.91 Å². The van der Waals surface area contributed by atoms with E-state index in [4.69, 9.17) is 0 Å². The minimum atomic E-state index is -0.705. The summed E-state index contributed by atoms with van der Waals surface area (Å²) in [4.78, 5) is 14.7. The van der Waals surface area contributed by atoms with E-state index < -0.39 is 6.23 Å². The lowest BCUT2D eigenvalue weighted by molar-refractivity contribution is -0.137. The molecule has 2 atom stereocenters. The van der Waals surface area contributed by atoms with E-state index >= 15 is 0 Å². The van der Waals surface area contributed by atoms with Gasteiger partial charge < -0.3 is 10.4 Å². The van der Waals surface area contributed by atoms with Gasteiger partial charge in [-0.15, -0.1) is 0 Å². The van der Waals surface area contributed by atoms with Crippen LogP contribution in [-0.4, -0.2) is 41.8 Å². The largest absolute Gasteiger partial charge is 0.378 e. The molecule has 2 unspecified atom stereocenters. The molecular weight excluding hydrogens is 288 g/mol. The second-order valence-electron chi connectivity index (χ2n) is 8.04. The number of aliphatic hydroxyl groups is 1. The van der Waals surface area contributed by atoms with Crippen LogP contribution in [0.1, 0.15) is 67.7 Å². The maximum atomic E-state index is 12.6. The van der Waals surface area contributed by atoms with Crippen LogP contribution in [0.3, 0.4) is 0 Å². The molecule has 23 heavy (non-hydrogen) atoms. The number of nitrogens with one attached hydrogen (secondary N) is 1. The molecule has 4 nitrogen and oxygen atoms in total. The van der Waals surface area contributed by atoms with Gasteiger partial charge in [0.05, 0.1) is 5.92 Å². The van der Waals surface area contributed by atoms with E-state index in [1.807, 2.05) is 0 Å². The van der Waals surface area contributed by atoms with E-state index in [9.17, 15) is 9.90 Å². The zero-order valence-electron chi connectivity index (χ0n) is 16.4.